The van der Waals surface area contributed by atoms with Gasteiger partial charge in [0.1, 0.15) is 23.7 Å². The van der Waals surface area contributed by atoms with Crippen LogP contribution in [0.4, 0.5) is 4.39 Å². The summed E-state index contributed by atoms with van der Waals surface area (Å²) in [5.41, 5.74) is 0.205. The Morgan fingerprint density at radius 2 is 1.97 bits per heavy atom. The zero-order chi connectivity index (χ0) is 21.7. The van der Waals surface area contributed by atoms with Crippen molar-refractivity contribution in [3.8, 4) is 23.6 Å². The van der Waals surface area contributed by atoms with E-state index in [0.29, 0.717) is 0 Å². The SMILES string of the molecule is COc1cc(/C(O)=C(\C#N)C(=O)N(C)Cc2cc(C)ccc2F)cc(C#N)c1O. The maximum atomic E-state index is 14.0. The molecule has 0 bridgehead atoms. The zero-order valence-electron chi connectivity index (χ0n) is 16.0. The van der Waals surface area contributed by atoms with E-state index in [1.807, 2.05) is 0 Å². The molecule has 2 N–H and O–H groups in total. The van der Waals surface area contributed by atoms with E-state index in [9.17, 15) is 24.7 Å². The smallest absolute Gasteiger partial charge is 0.268 e. The molecule has 1 amide bonds. The highest BCUT2D eigenvalue weighted by Gasteiger charge is 2.23. The number of benzene rings is 2. The fourth-order valence-electron chi connectivity index (χ4n) is 2.67. The number of phenols is 1. The molecule has 0 saturated heterocycles. The Morgan fingerprint density at radius 1 is 1.28 bits per heavy atom. The van der Waals surface area contributed by atoms with Gasteiger partial charge in [0.2, 0.25) is 0 Å². The minimum atomic E-state index is -0.837. The van der Waals surface area contributed by atoms with Crippen LogP contribution in [0.1, 0.15) is 22.3 Å². The van der Waals surface area contributed by atoms with Gasteiger partial charge < -0.3 is 19.8 Å². The van der Waals surface area contributed by atoms with Crippen molar-refractivity contribution >= 4 is 11.7 Å². The lowest BCUT2D eigenvalue weighted by molar-refractivity contribution is -0.126. The monoisotopic (exact) mass is 395 g/mol. The van der Waals surface area contributed by atoms with Crippen LogP contribution < -0.4 is 4.74 Å². The molecule has 7 nitrogen and oxygen atoms in total. The van der Waals surface area contributed by atoms with Crippen LogP contribution in [0.3, 0.4) is 0 Å². The Hall–Kier alpha value is -4.04. The highest BCUT2D eigenvalue weighted by molar-refractivity contribution is 6.03. The highest BCUT2D eigenvalue weighted by Crippen LogP contribution is 2.33. The summed E-state index contributed by atoms with van der Waals surface area (Å²) < 4.78 is 18.9. The Morgan fingerprint density at radius 3 is 2.55 bits per heavy atom. The molecule has 8 heteroatoms. The molecule has 29 heavy (non-hydrogen) atoms. The molecule has 0 saturated carbocycles. The molecule has 0 aliphatic rings. The largest absolute Gasteiger partial charge is 0.506 e. The first-order chi connectivity index (χ1) is 13.7. The van der Waals surface area contributed by atoms with Crippen molar-refractivity contribution in [1.29, 1.82) is 10.5 Å². The molecule has 2 rings (SSSR count). The molecular weight excluding hydrogens is 377 g/mol. The van der Waals surface area contributed by atoms with Crippen LogP contribution in [-0.2, 0) is 11.3 Å². The number of carbonyl (C=O) groups is 1. The molecular formula is C21H18FN3O4. The number of rotatable bonds is 5. The average molecular weight is 395 g/mol. The fraction of sp³-hybridized carbons (Fsp3) is 0.190. The summed E-state index contributed by atoms with van der Waals surface area (Å²) in [5, 5.41) is 38.9. The van der Waals surface area contributed by atoms with Crippen LogP contribution in [-0.4, -0.2) is 35.2 Å². The highest BCUT2D eigenvalue weighted by atomic mass is 19.1. The standard InChI is InChI=1S/C21H18FN3O4/c1-12-4-5-17(22)15(6-12)11-25(2)21(28)16(10-24)19(26)13-7-14(9-23)20(27)18(8-13)29-3/h4-8,26-27H,11H2,1-3H3/b19-16-. The lowest BCUT2D eigenvalue weighted by Crippen LogP contribution is -2.28. The Balaban J connectivity index is 2.44. The normalized spacial score (nSPS) is 11.1. The number of aliphatic hydroxyl groups is 1. The van der Waals surface area contributed by atoms with Crippen molar-refractivity contribution in [3.05, 3.63) is 64.0 Å². The van der Waals surface area contributed by atoms with Crippen LogP contribution in [0.2, 0.25) is 0 Å². The minimum Gasteiger partial charge on any atom is -0.506 e. The maximum Gasteiger partial charge on any atom is 0.268 e. The first-order valence-corrected chi connectivity index (χ1v) is 8.38. The molecule has 0 atom stereocenters. The molecule has 0 radical (unpaired) electrons. The van der Waals surface area contributed by atoms with Crippen molar-refractivity contribution in [2.45, 2.75) is 13.5 Å². The fourth-order valence-corrected chi connectivity index (χ4v) is 2.67. The molecule has 2 aromatic rings. The lowest BCUT2D eigenvalue weighted by atomic mass is 10.0. The van der Waals surface area contributed by atoms with Gasteiger partial charge in [-0.05, 0) is 25.1 Å². The van der Waals surface area contributed by atoms with Gasteiger partial charge in [-0.1, -0.05) is 17.7 Å². The number of aliphatic hydroxyl groups excluding tert-OH is 1. The van der Waals surface area contributed by atoms with Gasteiger partial charge in [-0.3, -0.25) is 4.79 Å². The van der Waals surface area contributed by atoms with Gasteiger partial charge >= 0.3 is 0 Å². The van der Waals surface area contributed by atoms with Crippen molar-refractivity contribution in [1.82, 2.24) is 4.90 Å². The van der Waals surface area contributed by atoms with E-state index in [0.717, 1.165) is 16.5 Å². The van der Waals surface area contributed by atoms with Crippen LogP contribution >= 0.6 is 0 Å². The van der Waals surface area contributed by atoms with Crippen molar-refractivity contribution < 1.29 is 24.1 Å². The summed E-state index contributed by atoms with van der Waals surface area (Å²) in [5.74, 6) is -2.56. The predicted octanol–water partition coefficient (Wildman–Crippen LogP) is 3.17. The quantitative estimate of drug-likeness (QED) is 0.456. The Kier molecular flexibility index (Phi) is 6.43. The summed E-state index contributed by atoms with van der Waals surface area (Å²) in [7, 11) is 2.62. The molecule has 0 unspecified atom stereocenters. The molecule has 0 aromatic heterocycles. The first kappa shape index (κ1) is 21.3. The van der Waals surface area contributed by atoms with Gasteiger partial charge in [0.05, 0.1) is 12.7 Å². The van der Waals surface area contributed by atoms with E-state index < -0.39 is 28.8 Å². The summed E-state index contributed by atoms with van der Waals surface area (Å²) in [4.78, 5) is 13.8. The number of halogens is 1. The van der Waals surface area contributed by atoms with Gasteiger partial charge in [0.15, 0.2) is 17.1 Å². The number of carbonyl (C=O) groups excluding carboxylic acids is 1. The van der Waals surface area contributed by atoms with Crippen LogP contribution in [0.15, 0.2) is 35.9 Å². The number of hydrogen-bond acceptors (Lipinski definition) is 6. The molecule has 0 aliphatic carbocycles. The van der Waals surface area contributed by atoms with Crippen LogP contribution in [0.25, 0.3) is 5.76 Å². The summed E-state index contributed by atoms with van der Waals surface area (Å²) in [6.45, 7) is 1.66. The number of ether oxygens (including phenoxy) is 1. The number of aryl methyl sites for hydroxylation is 1. The second kappa shape index (κ2) is 8.77. The van der Waals surface area contributed by atoms with Crippen LogP contribution in [0, 0.1) is 35.4 Å². The summed E-state index contributed by atoms with van der Waals surface area (Å²) >= 11 is 0. The van der Waals surface area contributed by atoms with E-state index in [2.05, 4.69) is 0 Å². The summed E-state index contributed by atoms with van der Waals surface area (Å²) in [6.07, 6.45) is 0. The Labute approximate surface area is 167 Å². The van der Waals surface area contributed by atoms with Crippen molar-refractivity contribution in [2.75, 3.05) is 14.2 Å². The zero-order valence-corrected chi connectivity index (χ0v) is 16.0. The van der Waals surface area contributed by atoms with Crippen molar-refractivity contribution in [3.63, 3.8) is 0 Å². The molecule has 2 aromatic carbocycles. The molecule has 0 aliphatic heterocycles. The van der Waals surface area contributed by atoms with Crippen LogP contribution in [0.5, 0.6) is 11.5 Å². The van der Waals surface area contributed by atoms with E-state index >= 15 is 0 Å². The molecule has 0 heterocycles. The molecule has 148 valence electrons. The van der Waals surface area contributed by atoms with Gasteiger partial charge in [0, 0.05) is 24.7 Å². The third kappa shape index (κ3) is 4.45. The maximum absolute atomic E-state index is 14.0. The number of phenolic OH excluding ortho intramolecular Hbond substituents is 1. The number of hydrogen-bond donors (Lipinski definition) is 2. The number of nitriles is 2. The second-order valence-electron chi connectivity index (χ2n) is 6.28. The van der Waals surface area contributed by atoms with Gasteiger partial charge in [-0.15, -0.1) is 0 Å². The van der Waals surface area contributed by atoms with Gasteiger partial charge in [-0.2, -0.15) is 10.5 Å². The predicted molar refractivity (Wildman–Crippen MR) is 102 cm³/mol. The first-order valence-electron chi connectivity index (χ1n) is 8.38. The lowest BCUT2D eigenvalue weighted by Gasteiger charge is -2.18. The topological polar surface area (TPSA) is 118 Å². The van der Waals surface area contributed by atoms with Gasteiger partial charge in [0.25, 0.3) is 5.91 Å². The minimum absolute atomic E-state index is 0.0590. The van der Waals surface area contributed by atoms with E-state index in [1.165, 1.54) is 26.3 Å². The number of likely N-dealkylation sites (N-methyl/N-ethyl adjacent to an activating group) is 1. The summed E-state index contributed by atoms with van der Waals surface area (Å²) in [6, 6.07) is 10.2. The third-order valence-corrected chi connectivity index (χ3v) is 4.21. The molecule has 0 fully saturated rings. The average Bonchev–Trinajstić information content (AvgIpc) is 2.71. The Bertz CT molecular complexity index is 1080. The number of aromatic hydroxyl groups is 1. The van der Waals surface area contributed by atoms with E-state index in [4.69, 9.17) is 10.00 Å². The number of methoxy groups -OCH3 is 1. The van der Waals surface area contributed by atoms with Crippen molar-refractivity contribution in [2.24, 2.45) is 0 Å². The van der Waals surface area contributed by atoms with Gasteiger partial charge in [-0.25, -0.2) is 4.39 Å². The molecule has 0 spiro atoms. The van der Waals surface area contributed by atoms with E-state index in [1.54, 1.807) is 31.2 Å². The third-order valence-electron chi connectivity index (χ3n) is 4.21. The number of nitrogens with zero attached hydrogens (tertiary/aromatic N) is 3. The number of amides is 1. The van der Waals surface area contributed by atoms with E-state index in [-0.39, 0.29) is 29.0 Å². The second-order valence-corrected chi connectivity index (χ2v) is 6.28.